The zero-order chi connectivity index (χ0) is 16.1. The number of anilines is 2. The van der Waals surface area contributed by atoms with Crippen LogP contribution in [0.3, 0.4) is 0 Å². The van der Waals surface area contributed by atoms with Gasteiger partial charge in [-0.15, -0.1) is 0 Å². The maximum Gasteiger partial charge on any atom is 0.226 e. The van der Waals surface area contributed by atoms with Gasteiger partial charge >= 0.3 is 0 Å². The third-order valence-electron chi connectivity index (χ3n) is 3.46. The molecule has 2 aromatic carbocycles. The van der Waals surface area contributed by atoms with Gasteiger partial charge in [-0.05, 0) is 56.2 Å². The van der Waals surface area contributed by atoms with Crippen molar-refractivity contribution in [2.24, 2.45) is 0 Å². The number of carbonyl (C=O) groups is 1. The second kappa shape index (κ2) is 7.07. The summed E-state index contributed by atoms with van der Waals surface area (Å²) in [7, 11) is 0. The lowest BCUT2D eigenvalue weighted by atomic mass is 10.1. The van der Waals surface area contributed by atoms with Gasteiger partial charge in [-0.1, -0.05) is 17.7 Å². The molecule has 0 aliphatic heterocycles. The van der Waals surface area contributed by atoms with E-state index in [-0.39, 0.29) is 11.7 Å². The van der Waals surface area contributed by atoms with Crippen LogP contribution < -0.4 is 10.6 Å². The molecule has 0 heterocycles. The Morgan fingerprint density at radius 1 is 1.05 bits per heavy atom. The first-order chi connectivity index (χ1) is 10.5. The van der Waals surface area contributed by atoms with E-state index in [4.69, 9.17) is 0 Å². The smallest absolute Gasteiger partial charge is 0.226 e. The Morgan fingerprint density at radius 2 is 1.64 bits per heavy atom. The van der Waals surface area contributed by atoms with Crippen molar-refractivity contribution in [1.29, 1.82) is 0 Å². The second-order valence-corrected chi connectivity index (χ2v) is 5.51. The van der Waals surface area contributed by atoms with Crippen molar-refractivity contribution >= 4 is 17.3 Å². The number of nitrogens with one attached hydrogen (secondary N) is 2. The predicted octanol–water partition coefficient (Wildman–Crippen LogP) is 4.19. The van der Waals surface area contributed by atoms with Crippen molar-refractivity contribution in [2.45, 2.75) is 27.2 Å². The van der Waals surface area contributed by atoms with Crippen LogP contribution >= 0.6 is 0 Å². The monoisotopic (exact) mass is 300 g/mol. The highest BCUT2D eigenvalue weighted by Crippen LogP contribution is 2.21. The minimum atomic E-state index is -0.315. The van der Waals surface area contributed by atoms with Crippen LogP contribution in [0.4, 0.5) is 15.8 Å². The van der Waals surface area contributed by atoms with Crippen LogP contribution in [0.2, 0.25) is 0 Å². The van der Waals surface area contributed by atoms with E-state index >= 15 is 0 Å². The molecule has 2 rings (SSSR count). The number of halogens is 1. The first-order valence-electron chi connectivity index (χ1n) is 7.33. The van der Waals surface area contributed by atoms with E-state index < -0.39 is 0 Å². The van der Waals surface area contributed by atoms with Gasteiger partial charge in [-0.25, -0.2) is 4.39 Å². The minimum absolute atomic E-state index is 0.0958. The molecule has 0 saturated carbocycles. The zero-order valence-corrected chi connectivity index (χ0v) is 13.2. The van der Waals surface area contributed by atoms with Crippen molar-refractivity contribution in [3.05, 3.63) is 58.9 Å². The van der Waals surface area contributed by atoms with Gasteiger partial charge in [0.1, 0.15) is 5.82 Å². The van der Waals surface area contributed by atoms with Gasteiger partial charge in [0.05, 0.1) is 0 Å². The maximum atomic E-state index is 12.8. The summed E-state index contributed by atoms with van der Waals surface area (Å²) in [4.78, 5) is 11.9. The normalized spacial score (nSPS) is 10.4. The second-order valence-electron chi connectivity index (χ2n) is 5.51. The predicted molar refractivity (Wildman–Crippen MR) is 88.8 cm³/mol. The molecule has 4 heteroatoms. The molecule has 1 amide bonds. The summed E-state index contributed by atoms with van der Waals surface area (Å²) in [6.07, 6.45) is 0.351. The Labute approximate surface area is 130 Å². The van der Waals surface area contributed by atoms with Crippen molar-refractivity contribution < 1.29 is 9.18 Å². The highest BCUT2D eigenvalue weighted by atomic mass is 19.1. The SMILES string of the molecule is Cc1cc(C)c(NCCC(=O)Nc2ccc(F)cc2)c(C)c1. The molecule has 0 aliphatic carbocycles. The van der Waals surface area contributed by atoms with E-state index in [1.165, 1.54) is 28.8 Å². The van der Waals surface area contributed by atoms with Crippen LogP contribution in [-0.4, -0.2) is 12.5 Å². The van der Waals surface area contributed by atoms with Crippen molar-refractivity contribution in [1.82, 2.24) is 0 Å². The van der Waals surface area contributed by atoms with Gasteiger partial charge in [0.25, 0.3) is 0 Å². The summed E-state index contributed by atoms with van der Waals surface area (Å²) in [6, 6.07) is 9.99. The summed E-state index contributed by atoms with van der Waals surface area (Å²) >= 11 is 0. The number of carbonyl (C=O) groups excluding carboxylic acids is 1. The largest absolute Gasteiger partial charge is 0.384 e. The van der Waals surface area contributed by atoms with Crippen molar-refractivity contribution in [3.8, 4) is 0 Å². The van der Waals surface area contributed by atoms with Gasteiger partial charge in [0.15, 0.2) is 0 Å². The van der Waals surface area contributed by atoms with Gasteiger partial charge in [0, 0.05) is 24.3 Å². The number of rotatable bonds is 5. The molecule has 0 fully saturated rings. The molecule has 0 unspecified atom stereocenters. The molecule has 116 valence electrons. The molecule has 22 heavy (non-hydrogen) atoms. The highest BCUT2D eigenvalue weighted by Gasteiger charge is 2.06. The molecule has 0 aliphatic rings. The van der Waals surface area contributed by atoms with Crippen LogP contribution in [0.5, 0.6) is 0 Å². The summed E-state index contributed by atoms with van der Waals surface area (Å²) in [6.45, 7) is 6.74. The number of amides is 1. The fraction of sp³-hybridized carbons (Fsp3) is 0.278. The van der Waals surface area contributed by atoms with Crippen LogP contribution in [-0.2, 0) is 4.79 Å². The molecule has 2 N–H and O–H groups in total. The van der Waals surface area contributed by atoms with Crippen LogP contribution in [0.1, 0.15) is 23.1 Å². The molecule has 3 nitrogen and oxygen atoms in total. The fourth-order valence-electron chi connectivity index (χ4n) is 2.52. The Kier molecular flexibility index (Phi) is 5.15. The lowest BCUT2D eigenvalue weighted by Crippen LogP contribution is -2.16. The Bertz CT molecular complexity index is 642. The van der Waals surface area contributed by atoms with Crippen molar-refractivity contribution in [3.63, 3.8) is 0 Å². The van der Waals surface area contributed by atoms with E-state index in [1.54, 1.807) is 12.1 Å². The zero-order valence-electron chi connectivity index (χ0n) is 13.2. The molecule has 2 aromatic rings. The van der Waals surface area contributed by atoms with E-state index in [2.05, 4.69) is 43.5 Å². The number of hydrogen-bond acceptors (Lipinski definition) is 2. The molecular weight excluding hydrogens is 279 g/mol. The Morgan fingerprint density at radius 3 is 2.23 bits per heavy atom. The Balaban J connectivity index is 1.86. The van der Waals surface area contributed by atoms with Crippen molar-refractivity contribution in [2.75, 3.05) is 17.2 Å². The van der Waals surface area contributed by atoms with Crippen LogP contribution in [0, 0.1) is 26.6 Å². The molecule has 0 radical (unpaired) electrons. The average molecular weight is 300 g/mol. The summed E-state index contributed by atoms with van der Waals surface area (Å²) in [5.74, 6) is -0.411. The molecule has 0 saturated heterocycles. The summed E-state index contributed by atoms with van der Waals surface area (Å²) < 4.78 is 12.8. The third-order valence-corrected chi connectivity index (χ3v) is 3.46. The number of aryl methyl sites for hydroxylation is 3. The number of hydrogen-bond donors (Lipinski definition) is 2. The lowest BCUT2D eigenvalue weighted by Gasteiger charge is -2.13. The number of benzene rings is 2. The standard InChI is InChI=1S/C18H21FN2O/c1-12-10-13(2)18(14(3)11-12)20-9-8-17(22)21-16-6-4-15(19)5-7-16/h4-7,10-11,20H,8-9H2,1-3H3,(H,21,22). The van der Waals surface area contributed by atoms with Gasteiger partial charge in [-0.2, -0.15) is 0 Å². The summed E-state index contributed by atoms with van der Waals surface area (Å²) in [5.41, 5.74) is 5.27. The highest BCUT2D eigenvalue weighted by molar-refractivity contribution is 5.90. The van der Waals surface area contributed by atoms with Gasteiger partial charge < -0.3 is 10.6 Å². The van der Waals surface area contributed by atoms with E-state index in [0.717, 1.165) is 5.69 Å². The van der Waals surface area contributed by atoms with E-state index in [9.17, 15) is 9.18 Å². The average Bonchev–Trinajstić information content (AvgIpc) is 2.44. The molecule has 0 atom stereocenters. The topological polar surface area (TPSA) is 41.1 Å². The van der Waals surface area contributed by atoms with E-state index in [0.29, 0.717) is 18.7 Å². The third kappa shape index (κ3) is 4.32. The van der Waals surface area contributed by atoms with E-state index in [1.807, 2.05) is 0 Å². The molecule has 0 spiro atoms. The minimum Gasteiger partial charge on any atom is -0.384 e. The Hall–Kier alpha value is -2.36. The van der Waals surface area contributed by atoms with Gasteiger partial charge in [0.2, 0.25) is 5.91 Å². The molecule has 0 aromatic heterocycles. The molecule has 0 bridgehead atoms. The fourth-order valence-corrected chi connectivity index (χ4v) is 2.52. The first-order valence-corrected chi connectivity index (χ1v) is 7.33. The van der Waals surface area contributed by atoms with Crippen LogP contribution in [0.25, 0.3) is 0 Å². The maximum absolute atomic E-state index is 12.8. The summed E-state index contributed by atoms with van der Waals surface area (Å²) in [5, 5.41) is 6.06. The quantitative estimate of drug-likeness (QED) is 0.869. The van der Waals surface area contributed by atoms with Crippen LogP contribution in [0.15, 0.2) is 36.4 Å². The first kappa shape index (κ1) is 16.0. The lowest BCUT2D eigenvalue weighted by molar-refractivity contribution is -0.115. The van der Waals surface area contributed by atoms with Gasteiger partial charge in [-0.3, -0.25) is 4.79 Å². The molecular formula is C18H21FN2O.